The zero-order chi connectivity index (χ0) is 10.7. The molecule has 2 rings (SSSR count). The number of halogens is 1. The molecule has 2 nitrogen and oxygen atoms in total. The topological polar surface area (TPSA) is 18.5 Å². The maximum atomic E-state index is 6.37. The van der Waals surface area contributed by atoms with Gasteiger partial charge in [-0.3, -0.25) is 0 Å². The predicted molar refractivity (Wildman–Crippen MR) is 69.6 cm³/mol. The summed E-state index contributed by atoms with van der Waals surface area (Å²) in [7, 11) is 0. The molecule has 0 aliphatic carbocycles. The molecule has 0 radical (unpaired) electrons. The third-order valence-corrected chi connectivity index (χ3v) is 4.95. The normalized spacial score (nSPS) is 42.0. The summed E-state index contributed by atoms with van der Waals surface area (Å²) in [5.41, 5.74) is 0.143. The Morgan fingerprint density at radius 1 is 1.40 bits per heavy atom. The summed E-state index contributed by atoms with van der Waals surface area (Å²) in [6.07, 6.45) is 6.65. The smallest absolute Gasteiger partial charge is 0.0734 e. The van der Waals surface area contributed by atoms with Gasteiger partial charge in [-0.2, -0.15) is 0 Å². The molecule has 0 saturated carbocycles. The molecule has 2 aliphatic heterocycles. The van der Waals surface area contributed by atoms with Crippen LogP contribution in [0.3, 0.4) is 0 Å². The summed E-state index contributed by atoms with van der Waals surface area (Å²) >= 11 is 2.45. The van der Waals surface area contributed by atoms with Crippen LogP contribution in [0.15, 0.2) is 0 Å². The van der Waals surface area contributed by atoms with Crippen LogP contribution in [-0.2, 0) is 9.47 Å². The maximum absolute atomic E-state index is 6.37. The Kier molecular flexibility index (Phi) is 4.30. The fraction of sp³-hybridized carbons (Fsp3) is 1.00. The van der Waals surface area contributed by atoms with Crippen molar-refractivity contribution in [3.05, 3.63) is 0 Å². The van der Waals surface area contributed by atoms with Gasteiger partial charge in [-0.15, -0.1) is 0 Å². The predicted octanol–water partition coefficient (Wildman–Crippen LogP) is 3.18. The lowest BCUT2D eigenvalue weighted by Crippen LogP contribution is -2.47. The van der Waals surface area contributed by atoms with Crippen LogP contribution in [0.4, 0.5) is 0 Å². The fourth-order valence-corrected chi connectivity index (χ4v) is 3.61. The molecule has 0 amide bonds. The van der Waals surface area contributed by atoms with E-state index >= 15 is 0 Å². The molecule has 88 valence electrons. The Morgan fingerprint density at radius 3 is 2.87 bits per heavy atom. The molecule has 3 heteroatoms. The molecule has 0 aromatic heterocycles. The highest BCUT2D eigenvalue weighted by atomic mass is 127. The van der Waals surface area contributed by atoms with E-state index in [2.05, 4.69) is 29.5 Å². The van der Waals surface area contributed by atoms with Gasteiger partial charge in [-0.1, -0.05) is 29.5 Å². The van der Waals surface area contributed by atoms with Crippen LogP contribution in [-0.4, -0.2) is 29.3 Å². The van der Waals surface area contributed by atoms with Crippen LogP contribution in [0.1, 0.15) is 39.0 Å². The summed E-state index contributed by atoms with van der Waals surface area (Å²) in [5, 5.41) is 0. The van der Waals surface area contributed by atoms with Crippen molar-refractivity contribution in [3.8, 4) is 0 Å². The largest absolute Gasteiger partial charge is 0.381 e. The molecule has 0 spiro atoms. The second kappa shape index (κ2) is 5.32. The lowest BCUT2D eigenvalue weighted by atomic mass is 9.78. The number of hydrogen-bond donors (Lipinski definition) is 0. The first-order valence-electron chi connectivity index (χ1n) is 6.12. The molecular formula is C12H21IO2. The summed E-state index contributed by atoms with van der Waals surface area (Å²) < 4.78 is 13.0. The maximum Gasteiger partial charge on any atom is 0.0734 e. The van der Waals surface area contributed by atoms with Gasteiger partial charge in [-0.25, -0.2) is 0 Å². The van der Waals surface area contributed by atoms with E-state index in [9.17, 15) is 0 Å². The van der Waals surface area contributed by atoms with E-state index in [0.29, 0.717) is 12.0 Å². The van der Waals surface area contributed by atoms with Crippen molar-refractivity contribution < 1.29 is 9.47 Å². The molecule has 0 aromatic carbocycles. The number of alkyl halides is 1. The standard InChI is InChI=1S/C12H21IO2/c1-2-12(10-5-7-14-9-10)6-3-4-11(8-13)15-12/h10-11H,2-9H2,1H3. The molecule has 0 N–H and O–H groups in total. The van der Waals surface area contributed by atoms with Gasteiger partial charge in [0.1, 0.15) is 0 Å². The summed E-state index contributed by atoms with van der Waals surface area (Å²) in [6.45, 7) is 4.13. The van der Waals surface area contributed by atoms with E-state index in [1.165, 1.54) is 25.7 Å². The number of rotatable bonds is 3. The van der Waals surface area contributed by atoms with Crippen LogP contribution >= 0.6 is 22.6 Å². The SMILES string of the molecule is CCC1(C2CCOC2)CCCC(CI)O1. The lowest BCUT2D eigenvalue weighted by Gasteiger charge is -2.44. The first-order valence-corrected chi connectivity index (χ1v) is 7.65. The van der Waals surface area contributed by atoms with Gasteiger partial charge >= 0.3 is 0 Å². The molecule has 2 saturated heterocycles. The number of ether oxygens (including phenoxy) is 2. The Hall–Kier alpha value is 0.650. The van der Waals surface area contributed by atoms with E-state index in [1.54, 1.807) is 0 Å². The van der Waals surface area contributed by atoms with Gasteiger partial charge in [0, 0.05) is 17.0 Å². The van der Waals surface area contributed by atoms with Gasteiger partial charge < -0.3 is 9.47 Å². The molecule has 3 atom stereocenters. The van der Waals surface area contributed by atoms with Crippen LogP contribution in [0.2, 0.25) is 0 Å². The second-order valence-electron chi connectivity index (χ2n) is 4.77. The van der Waals surface area contributed by atoms with E-state index in [4.69, 9.17) is 9.47 Å². The van der Waals surface area contributed by atoms with E-state index in [0.717, 1.165) is 24.1 Å². The fourth-order valence-electron chi connectivity index (χ4n) is 2.99. The van der Waals surface area contributed by atoms with Crippen molar-refractivity contribution in [1.29, 1.82) is 0 Å². The van der Waals surface area contributed by atoms with Crippen molar-refractivity contribution in [2.75, 3.05) is 17.6 Å². The average molecular weight is 324 g/mol. The number of hydrogen-bond acceptors (Lipinski definition) is 2. The minimum absolute atomic E-state index is 0.143. The quantitative estimate of drug-likeness (QED) is 0.586. The van der Waals surface area contributed by atoms with Crippen molar-refractivity contribution in [1.82, 2.24) is 0 Å². The molecule has 3 unspecified atom stereocenters. The minimum Gasteiger partial charge on any atom is -0.381 e. The minimum atomic E-state index is 0.143. The molecule has 2 fully saturated rings. The summed E-state index contributed by atoms with van der Waals surface area (Å²) in [5.74, 6) is 0.647. The third kappa shape index (κ3) is 2.50. The summed E-state index contributed by atoms with van der Waals surface area (Å²) in [6, 6.07) is 0. The first-order chi connectivity index (χ1) is 7.30. The van der Waals surface area contributed by atoms with Crippen LogP contribution in [0.5, 0.6) is 0 Å². The van der Waals surface area contributed by atoms with Crippen molar-refractivity contribution >= 4 is 22.6 Å². The van der Waals surface area contributed by atoms with Gasteiger partial charge in [-0.05, 0) is 32.1 Å². The van der Waals surface area contributed by atoms with E-state index < -0.39 is 0 Å². The highest BCUT2D eigenvalue weighted by Gasteiger charge is 2.43. The van der Waals surface area contributed by atoms with Crippen molar-refractivity contribution in [2.24, 2.45) is 5.92 Å². The van der Waals surface area contributed by atoms with Crippen molar-refractivity contribution in [3.63, 3.8) is 0 Å². The highest BCUT2D eigenvalue weighted by molar-refractivity contribution is 14.1. The van der Waals surface area contributed by atoms with Crippen LogP contribution < -0.4 is 0 Å². The van der Waals surface area contributed by atoms with Gasteiger partial charge in [0.05, 0.1) is 18.3 Å². The average Bonchev–Trinajstić information content (AvgIpc) is 2.83. The molecule has 0 aromatic rings. The van der Waals surface area contributed by atoms with Crippen LogP contribution in [0, 0.1) is 5.92 Å². The Morgan fingerprint density at radius 2 is 2.27 bits per heavy atom. The molecule has 0 bridgehead atoms. The second-order valence-corrected chi connectivity index (χ2v) is 5.65. The van der Waals surface area contributed by atoms with E-state index in [1.807, 2.05) is 0 Å². The molecule has 2 heterocycles. The molecular weight excluding hydrogens is 303 g/mol. The Labute approximate surface area is 106 Å². The Balaban J connectivity index is 2.05. The van der Waals surface area contributed by atoms with Gasteiger partial charge in [0.2, 0.25) is 0 Å². The summed E-state index contributed by atoms with van der Waals surface area (Å²) in [4.78, 5) is 0. The lowest BCUT2D eigenvalue weighted by molar-refractivity contribution is -0.152. The molecule has 2 aliphatic rings. The monoisotopic (exact) mass is 324 g/mol. The zero-order valence-electron chi connectivity index (χ0n) is 9.51. The Bertz CT molecular complexity index is 204. The van der Waals surface area contributed by atoms with Crippen molar-refractivity contribution in [2.45, 2.75) is 50.7 Å². The zero-order valence-corrected chi connectivity index (χ0v) is 11.7. The first kappa shape index (κ1) is 12.1. The van der Waals surface area contributed by atoms with Gasteiger partial charge in [0.15, 0.2) is 0 Å². The molecule has 15 heavy (non-hydrogen) atoms. The van der Waals surface area contributed by atoms with E-state index in [-0.39, 0.29) is 5.60 Å². The highest BCUT2D eigenvalue weighted by Crippen LogP contribution is 2.41. The third-order valence-electron chi connectivity index (χ3n) is 3.97. The van der Waals surface area contributed by atoms with Gasteiger partial charge in [0.25, 0.3) is 0 Å². The van der Waals surface area contributed by atoms with Crippen LogP contribution in [0.25, 0.3) is 0 Å².